The summed E-state index contributed by atoms with van der Waals surface area (Å²) >= 11 is 8.22. The normalized spacial score (nSPS) is 15.4. The SMILES string of the molecule is O=C1CC(N(CCc2cccc(Cl)c2)C(=O)c2ccc([N+](=O)[O-])cc2)C(=O)N1c1ccc(I)cc1. The van der Waals surface area contributed by atoms with E-state index >= 15 is 0 Å². The summed E-state index contributed by atoms with van der Waals surface area (Å²) in [6.45, 7) is 0.153. The molecule has 0 bridgehead atoms. The number of benzene rings is 3. The van der Waals surface area contributed by atoms with E-state index in [2.05, 4.69) is 22.6 Å². The van der Waals surface area contributed by atoms with E-state index in [4.69, 9.17) is 11.6 Å². The van der Waals surface area contributed by atoms with Gasteiger partial charge in [0.1, 0.15) is 6.04 Å². The van der Waals surface area contributed by atoms with E-state index in [0.29, 0.717) is 17.1 Å². The quantitative estimate of drug-likeness (QED) is 0.166. The highest BCUT2D eigenvalue weighted by molar-refractivity contribution is 14.1. The lowest BCUT2D eigenvalue weighted by Gasteiger charge is -2.28. The predicted molar refractivity (Wildman–Crippen MR) is 139 cm³/mol. The summed E-state index contributed by atoms with van der Waals surface area (Å²) in [5.41, 5.74) is 1.35. The molecule has 178 valence electrons. The van der Waals surface area contributed by atoms with Crippen molar-refractivity contribution in [3.05, 3.63) is 103 Å². The lowest BCUT2D eigenvalue weighted by atomic mass is 10.1. The van der Waals surface area contributed by atoms with Crippen molar-refractivity contribution in [2.24, 2.45) is 0 Å². The monoisotopic (exact) mass is 603 g/mol. The molecule has 1 aliphatic heterocycles. The molecule has 35 heavy (non-hydrogen) atoms. The third-order valence-electron chi connectivity index (χ3n) is 5.70. The number of hydrogen-bond donors (Lipinski definition) is 0. The van der Waals surface area contributed by atoms with Gasteiger partial charge in [-0.15, -0.1) is 0 Å². The average molecular weight is 604 g/mol. The zero-order chi connectivity index (χ0) is 25.1. The van der Waals surface area contributed by atoms with Crippen molar-refractivity contribution < 1.29 is 19.3 Å². The van der Waals surface area contributed by atoms with Crippen LogP contribution in [0.5, 0.6) is 0 Å². The largest absolute Gasteiger partial charge is 0.326 e. The van der Waals surface area contributed by atoms with E-state index in [9.17, 15) is 24.5 Å². The Bertz CT molecular complexity index is 1300. The summed E-state index contributed by atoms with van der Waals surface area (Å²) in [5.74, 6) is -1.37. The van der Waals surface area contributed by atoms with Gasteiger partial charge < -0.3 is 4.90 Å². The lowest BCUT2D eigenvalue weighted by Crippen LogP contribution is -2.46. The Labute approximate surface area is 219 Å². The highest BCUT2D eigenvalue weighted by atomic mass is 127. The summed E-state index contributed by atoms with van der Waals surface area (Å²) in [4.78, 5) is 52.6. The first-order chi connectivity index (χ1) is 16.7. The van der Waals surface area contributed by atoms with Gasteiger partial charge in [-0.25, -0.2) is 4.90 Å². The number of hydrogen-bond acceptors (Lipinski definition) is 5. The molecule has 1 heterocycles. The zero-order valence-corrected chi connectivity index (χ0v) is 21.2. The minimum atomic E-state index is -0.997. The fraction of sp³-hybridized carbons (Fsp3) is 0.160. The minimum Gasteiger partial charge on any atom is -0.326 e. The van der Waals surface area contributed by atoms with E-state index in [1.54, 1.807) is 42.5 Å². The van der Waals surface area contributed by atoms with E-state index < -0.39 is 28.7 Å². The van der Waals surface area contributed by atoms with E-state index in [1.165, 1.54) is 29.2 Å². The van der Waals surface area contributed by atoms with Crippen LogP contribution in [0.15, 0.2) is 72.8 Å². The van der Waals surface area contributed by atoms with Crippen molar-refractivity contribution in [1.82, 2.24) is 4.90 Å². The van der Waals surface area contributed by atoms with Gasteiger partial charge in [0, 0.05) is 32.8 Å². The smallest absolute Gasteiger partial charge is 0.269 e. The van der Waals surface area contributed by atoms with Crippen molar-refractivity contribution >= 4 is 63.3 Å². The molecule has 3 aromatic rings. The second kappa shape index (κ2) is 10.5. The van der Waals surface area contributed by atoms with Crippen LogP contribution in [0.3, 0.4) is 0 Å². The molecule has 1 unspecified atom stereocenters. The maximum absolute atomic E-state index is 13.5. The number of rotatable bonds is 7. The molecule has 0 N–H and O–H groups in total. The van der Waals surface area contributed by atoms with Crippen LogP contribution >= 0.6 is 34.2 Å². The van der Waals surface area contributed by atoms with Gasteiger partial charge in [-0.1, -0.05) is 23.7 Å². The van der Waals surface area contributed by atoms with Crippen LogP contribution in [0.2, 0.25) is 5.02 Å². The number of halogens is 2. The Hall–Kier alpha value is -3.31. The van der Waals surface area contributed by atoms with Crippen LogP contribution in [0.4, 0.5) is 11.4 Å². The number of nitro groups is 1. The van der Waals surface area contributed by atoms with E-state index in [1.807, 2.05) is 6.07 Å². The summed E-state index contributed by atoms with van der Waals surface area (Å²) in [7, 11) is 0. The molecule has 1 saturated heterocycles. The van der Waals surface area contributed by atoms with Gasteiger partial charge in [0.25, 0.3) is 17.5 Å². The van der Waals surface area contributed by atoms with Gasteiger partial charge >= 0.3 is 0 Å². The van der Waals surface area contributed by atoms with Crippen LogP contribution in [0.1, 0.15) is 22.3 Å². The van der Waals surface area contributed by atoms with Gasteiger partial charge in [0.05, 0.1) is 17.0 Å². The van der Waals surface area contributed by atoms with Crippen LogP contribution in [-0.2, 0) is 16.0 Å². The second-order valence-corrected chi connectivity index (χ2v) is 9.63. The molecule has 1 aliphatic rings. The third-order valence-corrected chi connectivity index (χ3v) is 6.65. The molecular weight excluding hydrogens is 585 g/mol. The summed E-state index contributed by atoms with van der Waals surface area (Å²) in [6.07, 6.45) is 0.250. The number of nitro benzene ring substituents is 1. The summed E-state index contributed by atoms with van der Waals surface area (Å²) in [6, 6.07) is 18.3. The van der Waals surface area contributed by atoms with Gasteiger partial charge in [-0.2, -0.15) is 0 Å². The number of nitrogens with zero attached hydrogens (tertiary/aromatic N) is 3. The highest BCUT2D eigenvalue weighted by Gasteiger charge is 2.44. The average Bonchev–Trinajstić information content (AvgIpc) is 3.13. The first-order valence-electron chi connectivity index (χ1n) is 10.7. The molecule has 3 amide bonds. The van der Waals surface area contributed by atoms with Gasteiger partial charge in [0.15, 0.2) is 0 Å². The van der Waals surface area contributed by atoms with Crippen LogP contribution in [0, 0.1) is 13.7 Å². The van der Waals surface area contributed by atoms with Crippen LogP contribution in [-0.4, -0.2) is 40.1 Å². The van der Waals surface area contributed by atoms with Gasteiger partial charge in [-0.3, -0.25) is 24.5 Å². The van der Waals surface area contributed by atoms with E-state index in [-0.39, 0.29) is 24.2 Å². The lowest BCUT2D eigenvalue weighted by molar-refractivity contribution is -0.384. The van der Waals surface area contributed by atoms with Crippen molar-refractivity contribution in [3.8, 4) is 0 Å². The molecule has 0 aliphatic carbocycles. The molecule has 0 spiro atoms. The zero-order valence-electron chi connectivity index (χ0n) is 18.3. The maximum atomic E-state index is 13.5. The van der Waals surface area contributed by atoms with Crippen molar-refractivity contribution in [2.75, 3.05) is 11.4 Å². The molecule has 0 radical (unpaired) electrons. The second-order valence-electron chi connectivity index (χ2n) is 7.95. The number of anilines is 1. The standard InChI is InChI=1S/C25H19ClIN3O5/c26-18-3-1-2-16(14-18)12-13-28(24(32)17-4-8-21(9-5-17)30(34)35)22-15-23(31)29(25(22)33)20-10-6-19(27)7-11-20/h1-11,14,22H,12-13,15H2. The Morgan fingerprint density at radius 1 is 1.09 bits per heavy atom. The Kier molecular flexibility index (Phi) is 7.46. The first kappa shape index (κ1) is 24.8. The number of amides is 3. The molecule has 8 nitrogen and oxygen atoms in total. The maximum Gasteiger partial charge on any atom is 0.269 e. The fourth-order valence-corrected chi connectivity index (χ4v) is 4.53. The van der Waals surface area contributed by atoms with Crippen molar-refractivity contribution in [3.63, 3.8) is 0 Å². The first-order valence-corrected chi connectivity index (χ1v) is 12.1. The molecular formula is C25H19ClIN3O5. The van der Waals surface area contributed by atoms with E-state index in [0.717, 1.165) is 14.0 Å². The molecule has 10 heteroatoms. The minimum absolute atomic E-state index is 0.149. The molecule has 1 fully saturated rings. The molecule has 0 aromatic heterocycles. The Morgan fingerprint density at radius 2 is 1.77 bits per heavy atom. The third kappa shape index (κ3) is 5.51. The van der Waals surface area contributed by atoms with Crippen molar-refractivity contribution in [2.45, 2.75) is 18.9 Å². The molecule has 3 aromatic carbocycles. The Balaban J connectivity index is 1.64. The topological polar surface area (TPSA) is 101 Å². The molecule has 4 rings (SSSR count). The van der Waals surface area contributed by atoms with Gasteiger partial charge in [0.2, 0.25) is 5.91 Å². The molecule has 1 atom stereocenters. The number of imide groups is 1. The molecule has 0 saturated carbocycles. The summed E-state index contributed by atoms with van der Waals surface area (Å²) in [5, 5.41) is 11.5. The summed E-state index contributed by atoms with van der Waals surface area (Å²) < 4.78 is 0.957. The van der Waals surface area contributed by atoms with Crippen molar-refractivity contribution in [1.29, 1.82) is 0 Å². The fourth-order valence-electron chi connectivity index (χ4n) is 3.95. The van der Waals surface area contributed by atoms with Crippen LogP contribution < -0.4 is 4.90 Å². The number of carbonyl (C=O) groups is 3. The van der Waals surface area contributed by atoms with Crippen LogP contribution in [0.25, 0.3) is 0 Å². The highest BCUT2D eigenvalue weighted by Crippen LogP contribution is 2.28. The number of non-ortho nitro benzene ring substituents is 1. The number of carbonyl (C=O) groups excluding carboxylic acids is 3. The Morgan fingerprint density at radius 3 is 2.40 bits per heavy atom. The van der Waals surface area contributed by atoms with Gasteiger partial charge in [-0.05, 0) is 83.1 Å². The predicted octanol–water partition coefficient (Wildman–Crippen LogP) is 4.87.